The Balaban J connectivity index is 1.22. The molecular weight excluding hydrogens is 703 g/mol. The van der Waals surface area contributed by atoms with Gasteiger partial charge >= 0.3 is 0 Å². The van der Waals surface area contributed by atoms with E-state index in [1.54, 1.807) is 7.11 Å². The van der Waals surface area contributed by atoms with Crippen molar-refractivity contribution in [3.05, 3.63) is 47.5 Å². The lowest BCUT2D eigenvalue weighted by Gasteiger charge is -2.34. The molecule has 2 amide bonds. The lowest BCUT2D eigenvalue weighted by molar-refractivity contribution is -0.131. The third-order valence-electron chi connectivity index (χ3n) is 10.3. The number of rotatable bonds is 11. The first-order chi connectivity index (χ1) is 23.7. The smallest absolute Gasteiger partial charge is 0.259 e. The van der Waals surface area contributed by atoms with Crippen LogP contribution in [0.2, 0.25) is 0 Å². The predicted octanol–water partition coefficient (Wildman–Crippen LogP) is 3.78. The molecule has 0 bridgehead atoms. The van der Waals surface area contributed by atoms with Crippen LogP contribution in [0, 0.1) is 12.8 Å². The van der Waals surface area contributed by atoms with Gasteiger partial charge in [-0.2, -0.15) is 4.31 Å². The highest BCUT2D eigenvalue weighted by Crippen LogP contribution is 2.47. The molecule has 4 aliphatic rings. The zero-order valence-corrected chi connectivity index (χ0v) is 30.8. The SMILES string of the molecule is C=C[C@@H]1C[C@]1(NC(=O)[C@@H]1CC(Oc2cc(-c3nc(C(C)C)cs3)nc3c(C)c(OC)ccc23)[C@H]2CCCS(=O)(=O)N21)C(=O)NS(=O)(=O)C1CC1. The zero-order chi connectivity index (χ0) is 35.7. The minimum absolute atomic E-state index is 0.0234. The highest BCUT2D eigenvalue weighted by molar-refractivity contribution is 7.91. The van der Waals surface area contributed by atoms with E-state index in [4.69, 9.17) is 19.4 Å². The zero-order valence-electron chi connectivity index (χ0n) is 28.3. The first kappa shape index (κ1) is 34.8. The van der Waals surface area contributed by atoms with Gasteiger partial charge in [-0.15, -0.1) is 17.9 Å². The molecule has 0 radical (unpaired) electrons. The largest absolute Gasteiger partial charge is 0.496 e. The summed E-state index contributed by atoms with van der Waals surface area (Å²) in [6.45, 7) is 9.80. The van der Waals surface area contributed by atoms with E-state index in [1.807, 2.05) is 30.5 Å². The van der Waals surface area contributed by atoms with Crippen LogP contribution in [0.5, 0.6) is 11.5 Å². The Kier molecular flexibility index (Phi) is 8.75. The number of methoxy groups -OCH3 is 1. The molecule has 3 aromatic rings. The maximum absolute atomic E-state index is 14.1. The van der Waals surface area contributed by atoms with Crippen LogP contribution in [0.15, 0.2) is 36.2 Å². The second-order valence-electron chi connectivity index (χ2n) is 14.0. The van der Waals surface area contributed by atoms with Gasteiger partial charge in [0.2, 0.25) is 26.0 Å². The summed E-state index contributed by atoms with van der Waals surface area (Å²) in [6, 6.07) is 3.67. The fourth-order valence-electron chi connectivity index (χ4n) is 7.18. The topological polar surface area (TPSA) is 174 Å². The minimum atomic E-state index is -3.88. The fraction of sp³-hybridized carbons (Fsp3) is 0.529. The Labute approximate surface area is 295 Å². The number of aryl methyl sites for hydroxylation is 1. The van der Waals surface area contributed by atoms with Crippen molar-refractivity contribution in [1.82, 2.24) is 24.3 Å². The molecule has 7 rings (SSSR count). The van der Waals surface area contributed by atoms with Gasteiger partial charge in [-0.05, 0) is 57.1 Å². The lowest BCUT2D eigenvalue weighted by atomic mass is 10.0. The predicted molar refractivity (Wildman–Crippen MR) is 189 cm³/mol. The molecule has 268 valence electrons. The Bertz CT molecular complexity index is 2110. The third-order valence-corrected chi connectivity index (χ3v) is 14.9. The number of thiazole rings is 1. The van der Waals surface area contributed by atoms with Gasteiger partial charge in [0.25, 0.3) is 5.91 Å². The van der Waals surface area contributed by atoms with E-state index in [0.717, 1.165) is 11.3 Å². The van der Waals surface area contributed by atoms with E-state index in [2.05, 4.69) is 30.5 Å². The number of carbonyl (C=O) groups excluding carboxylic acids is 2. The molecule has 2 saturated carbocycles. The monoisotopic (exact) mass is 743 g/mol. The van der Waals surface area contributed by atoms with E-state index in [-0.39, 0.29) is 24.5 Å². The molecule has 5 atom stereocenters. The molecule has 4 heterocycles. The number of aromatic nitrogens is 2. The minimum Gasteiger partial charge on any atom is -0.496 e. The Morgan fingerprint density at radius 1 is 1.18 bits per heavy atom. The number of fused-ring (bicyclic) bond motifs is 2. The number of hydrogen-bond donors (Lipinski definition) is 2. The first-order valence-electron chi connectivity index (χ1n) is 16.8. The van der Waals surface area contributed by atoms with Gasteiger partial charge in [0, 0.05) is 34.7 Å². The number of carbonyl (C=O) groups is 2. The summed E-state index contributed by atoms with van der Waals surface area (Å²) in [7, 11) is -6.15. The van der Waals surface area contributed by atoms with Crippen molar-refractivity contribution in [2.75, 3.05) is 12.9 Å². The Hall–Kier alpha value is -3.60. The summed E-state index contributed by atoms with van der Waals surface area (Å²) in [5.74, 6) is -0.796. The number of nitrogens with one attached hydrogen (secondary N) is 2. The van der Waals surface area contributed by atoms with Gasteiger partial charge in [0.05, 0.1) is 35.4 Å². The van der Waals surface area contributed by atoms with Crippen LogP contribution in [-0.2, 0) is 29.6 Å². The van der Waals surface area contributed by atoms with Crippen molar-refractivity contribution in [2.45, 2.75) is 94.2 Å². The lowest BCUT2D eigenvalue weighted by Crippen LogP contribution is -2.58. The van der Waals surface area contributed by atoms with Gasteiger partial charge in [0.15, 0.2) is 0 Å². The van der Waals surface area contributed by atoms with Crippen molar-refractivity contribution >= 4 is 54.1 Å². The van der Waals surface area contributed by atoms with Crippen LogP contribution in [0.3, 0.4) is 0 Å². The van der Waals surface area contributed by atoms with Crippen molar-refractivity contribution < 1.29 is 35.9 Å². The summed E-state index contributed by atoms with van der Waals surface area (Å²) < 4.78 is 68.1. The number of pyridine rings is 1. The van der Waals surface area contributed by atoms with E-state index >= 15 is 0 Å². The van der Waals surface area contributed by atoms with Gasteiger partial charge in [-0.25, -0.2) is 26.8 Å². The van der Waals surface area contributed by atoms with Crippen molar-refractivity contribution in [1.29, 1.82) is 0 Å². The molecule has 16 heteroatoms. The summed E-state index contributed by atoms with van der Waals surface area (Å²) in [6.07, 6.45) is 2.78. The highest BCUT2D eigenvalue weighted by Gasteiger charge is 2.63. The standard InChI is InChI=1S/C34H41N5O8S3/c1-6-20-16-34(20,33(41)38-50(44,45)21-9-10-21)37-31(40)26-15-29(25-8-7-13-49(42,43)39(25)26)47-28-14-23(32-36-24(17-48-32)18(2)3)35-30-19(4)27(46-5)12-11-22(28)30/h6,11-12,14,17-18,20-21,25-26,29H,1,7-10,13,15-16H2,2-5H3,(H,37,40)(H,38,41)/t20-,25-,26+,29?,34-/m1/s1. The molecule has 2 aliphatic heterocycles. The van der Waals surface area contributed by atoms with Gasteiger partial charge in [0.1, 0.15) is 39.9 Å². The van der Waals surface area contributed by atoms with Gasteiger partial charge in [-0.3, -0.25) is 14.3 Å². The second-order valence-corrected chi connectivity index (χ2v) is 18.8. The van der Waals surface area contributed by atoms with Crippen molar-refractivity contribution in [3.8, 4) is 22.2 Å². The third kappa shape index (κ3) is 6.07. The van der Waals surface area contributed by atoms with Crippen LogP contribution in [0.1, 0.15) is 69.5 Å². The van der Waals surface area contributed by atoms with Crippen LogP contribution < -0.4 is 19.5 Å². The molecule has 2 aromatic heterocycles. The molecule has 1 unspecified atom stereocenters. The molecule has 0 spiro atoms. The fourth-order valence-corrected chi connectivity index (χ4v) is 11.4. The summed E-state index contributed by atoms with van der Waals surface area (Å²) >= 11 is 1.47. The number of nitrogens with zero attached hydrogens (tertiary/aromatic N) is 3. The molecule has 2 N–H and O–H groups in total. The average molecular weight is 744 g/mol. The summed E-state index contributed by atoms with van der Waals surface area (Å²) in [4.78, 5) is 37.2. The van der Waals surface area contributed by atoms with Crippen LogP contribution in [0.4, 0.5) is 0 Å². The normalized spacial score (nSPS) is 27.5. The maximum Gasteiger partial charge on any atom is 0.259 e. The van der Waals surface area contributed by atoms with E-state index in [1.165, 1.54) is 21.7 Å². The number of hydrogen-bond acceptors (Lipinski definition) is 11. The molecule has 13 nitrogen and oxygen atoms in total. The molecule has 2 aliphatic carbocycles. The maximum atomic E-state index is 14.1. The molecule has 4 fully saturated rings. The van der Waals surface area contributed by atoms with E-state index < -0.39 is 66.8 Å². The van der Waals surface area contributed by atoms with Gasteiger partial charge < -0.3 is 14.8 Å². The van der Waals surface area contributed by atoms with Crippen LogP contribution >= 0.6 is 11.3 Å². The number of benzene rings is 1. The van der Waals surface area contributed by atoms with Gasteiger partial charge in [-0.1, -0.05) is 19.9 Å². The molecule has 1 aromatic carbocycles. The number of ether oxygens (including phenoxy) is 2. The highest BCUT2D eigenvalue weighted by atomic mass is 32.2. The number of sulfonamides is 2. The Morgan fingerprint density at radius 3 is 2.58 bits per heavy atom. The van der Waals surface area contributed by atoms with Crippen LogP contribution in [0.25, 0.3) is 21.6 Å². The Morgan fingerprint density at radius 2 is 1.94 bits per heavy atom. The first-order valence-corrected chi connectivity index (χ1v) is 20.8. The van der Waals surface area contributed by atoms with Crippen LogP contribution in [-0.4, -0.2) is 84.8 Å². The summed E-state index contributed by atoms with van der Waals surface area (Å²) in [5.41, 5.74) is 1.45. The van der Waals surface area contributed by atoms with Crippen molar-refractivity contribution in [2.24, 2.45) is 5.92 Å². The second kappa shape index (κ2) is 12.6. The molecule has 50 heavy (non-hydrogen) atoms. The molecule has 2 saturated heterocycles. The number of amides is 2. The summed E-state index contributed by atoms with van der Waals surface area (Å²) in [5, 5.41) is 5.54. The van der Waals surface area contributed by atoms with Crippen molar-refractivity contribution in [3.63, 3.8) is 0 Å². The van der Waals surface area contributed by atoms with E-state index in [9.17, 15) is 26.4 Å². The van der Waals surface area contributed by atoms with E-state index in [0.29, 0.717) is 58.8 Å². The average Bonchev–Trinajstić information content (AvgIpc) is 3.96. The quantitative estimate of drug-likeness (QED) is 0.275. The molecular formula is C34H41N5O8S3.